The topological polar surface area (TPSA) is 9.23 Å². The lowest BCUT2D eigenvalue weighted by molar-refractivity contribution is 0.245. The Morgan fingerprint density at radius 3 is 3.00 bits per heavy atom. The summed E-state index contributed by atoms with van der Waals surface area (Å²) in [6.45, 7) is 6.29. The average Bonchev–Trinajstić information content (AvgIpc) is 2.05. The van der Waals surface area contributed by atoms with E-state index in [9.17, 15) is 0 Å². The fraction of sp³-hybridized carbons (Fsp3) is 0.500. The highest BCUT2D eigenvalue weighted by molar-refractivity contribution is 5.21. The molecule has 0 heterocycles. The zero-order valence-electron chi connectivity index (χ0n) is 7.26. The predicted octanol–water partition coefficient (Wildman–Crippen LogP) is 2.71. The van der Waals surface area contributed by atoms with Gasteiger partial charge >= 0.3 is 0 Å². The summed E-state index contributed by atoms with van der Waals surface area (Å²) in [6, 6.07) is 0. The number of methoxy groups -OCH3 is 1. The van der Waals surface area contributed by atoms with Gasteiger partial charge in [-0.2, -0.15) is 0 Å². The lowest BCUT2D eigenvalue weighted by Crippen LogP contribution is -2.15. The van der Waals surface area contributed by atoms with Gasteiger partial charge in [-0.1, -0.05) is 19.1 Å². The van der Waals surface area contributed by atoms with Crippen LogP contribution in [0.5, 0.6) is 0 Å². The molecule has 0 aromatic rings. The van der Waals surface area contributed by atoms with Gasteiger partial charge in [0.2, 0.25) is 0 Å². The minimum Gasteiger partial charge on any atom is -0.501 e. The monoisotopic (exact) mass is 151 g/mol. The van der Waals surface area contributed by atoms with Crippen LogP contribution in [0.25, 0.3) is 0 Å². The highest BCUT2D eigenvalue weighted by Gasteiger charge is 2.22. The van der Waals surface area contributed by atoms with Crippen molar-refractivity contribution in [1.82, 2.24) is 0 Å². The fourth-order valence-electron chi connectivity index (χ4n) is 1.21. The van der Waals surface area contributed by atoms with E-state index in [4.69, 9.17) is 4.74 Å². The fourth-order valence-corrected chi connectivity index (χ4v) is 1.21. The Morgan fingerprint density at radius 1 is 1.73 bits per heavy atom. The molecule has 1 nitrogen and oxygen atoms in total. The quantitative estimate of drug-likeness (QED) is 0.589. The van der Waals surface area contributed by atoms with Crippen molar-refractivity contribution in [1.29, 1.82) is 0 Å². The van der Waals surface area contributed by atoms with E-state index in [1.807, 2.05) is 12.2 Å². The van der Waals surface area contributed by atoms with Crippen LogP contribution < -0.4 is 0 Å². The molecular formula is C10H15O. The predicted molar refractivity (Wildman–Crippen MR) is 46.9 cm³/mol. The Labute approximate surface area is 68.8 Å². The molecule has 1 aliphatic carbocycles. The van der Waals surface area contributed by atoms with E-state index < -0.39 is 0 Å². The molecule has 1 radical (unpaired) electrons. The minimum atomic E-state index is 0.0695. The molecule has 0 fully saturated rings. The summed E-state index contributed by atoms with van der Waals surface area (Å²) in [6.07, 6.45) is 8.16. The first-order valence-electron chi connectivity index (χ1n) is 3.98. The van der Waals surface area contributed by atoms with Crippen molar-refractivity contribution < 1.29 is 4.74 Å². The zero-order chi connectivity index (χ0) is 8.32. The molecule has 1 rings (SSSR count). The molecule has 0 aromatic carbocycles. The highest BCUT2D eigenvalue weighted by Crippen LogP contribution is 2.33. The van der Waals surface area contributed by atoms with E-state index in [1.165, 1.54) is 0 Å². The van der Waals surface area contributed by atoms with Crippen LogP contribution >= 0.6 is 0 Å². The van der Waals surface area contributed by atoms with Gasteiger partial charge in [-0.15, -0.1) is 0 Å². The molecule has 11 heavy (non-hydrogen) atoms. The average molecular weight is 151 g/mol. The van der Waals surface area contributed by atoms with Crippen LogP contribution in [0.3, 0.4) is 0 Å². The van der Waals surface area contributed by atoms with E-state index in [2.05, 4.69) is 19.9 Å². The molecule has 0 spiro atoms. The number of rotatable bonds is 2. The maximum Gasteiger partial charge on any atom is 0.0964 e. The normalized spacial score (nSPS) is 29.9. The van der Waals surface area contributed by atoms with Crippen molar-refractivity contribution in [3.63, 3.8) is 0 Å². The third-order valence-electron chi connectivity index (χ3n) is 2.22. The van der Waals surface area contributed by atoms with Crippen LogP contribution in [0, 0.1) is 12.3 Å². The van der Waals surface area contributed by atoms with Gasteiger partial charge in [0.15, 0.2) is 0 Å². The molecule has 0 saturated heterocycles. The molecule has 0 bridgehead atoms. The zero-order valence-corrected chi connectivity index (χ0v) is 7.26. The van der Waals surface area contributed by atoms with Gasteiger partial charge in [-0.05, 0) is 24.8 Å². The van der Waals surface area contributed by atoms with Gasteiger partial charge in [0.05, 0.1) is 12.9 Å². The molecule has 0 saturated carbocycles. The molecule has 1 unspecified atom stereocenters. The summed E-state index contributed by atoms with van der Waals surface area (Å²) < 4.78 is 5.16. The Kier molecular flexibility index (Phi) is 2.38. The number of hydrogen-bond acceptors (Lipinski definition) is 1. The summed E-state index contributed by atoms with van der Waals surface area (Å²) in [5.41, 5.74) is 0.0695. The first-order valence-corrected chi connectivity index (χ1v) is 3.98. The number of allylic oxidation sites excluding steroid dienone is 4. The van der Waals surface area contributed by atoms with Crippen molar-refractivity contribution in [3.05, 3.63) is 30.9 Å². The van der Waals surface area contributed by atoms with Crippen LogP contribution in [-0.2, 0) is 4.74 Å². The van der Waals surface area contributed by atoms with Crippen molar-refractivity contribution in [2.24, 2.45) is 5.41 Å². The second-order valence-corrected chi connectivity index (χ2v) is 3.09. The van der Waals surface area contributed by atoms with Crippen molar-refractivity contribution in [2.45, 2.75) is 19.8 Å². The van der Waals surface area contributed by atoms with Gasteiger partial charge in [0, 0.05) is 6.42 Å². The van der Waals surface area contributed by atoms with E-state index in [0.29, 0.717) is 0 Å². The van der Waals surface area contributed by atoms with Crippen LogP contribution in [0.2, 0.25) is 0 Å². The lowest BCUT2D eigenvalue weighted by Gasteiger charge is -2.27. The van der Waals surface area contributed by atoms with Crippen molar-refractivity contribution >= 4 is 0 Å². The summed E-state index contributed by atoms with van der Waals surface area (Å²) in [5.74, 6) is 1.03. The summed E-state index contributed by atoms with van der Waals surface area (Å²) in [4.78, 5) is 0. The second-order valence-electron chi connectivity index (χ2n) is 3.09. The van der Waals surface area contributed by atoms with Crippen molar-refractivity contribution in [2.75, 3.05) is 7.11 Å². The van der Waals surface area contributed by atoms with E-state index in [-0.39, 0.29) is 5.41 Å². The largest absolute Gasteiger partial charge is 0.501 e. The molecule has 1 heteroatoms. The van der Waals surface area contributed by atoms with Gasteiger partial charge in [0.1, 0.15) is 0 Å². The SMILES string of the molecule is [CH2]C1(CC)C=CC=C(OC)C1. The van der Waals surface area contributed by atoms with Crippen molar-refractivity contribution in [3.8, 4) is 0 Å². The highest BCUT2D eigenvalue weighted by atomic mass is 16.5. The summed E-state index contributed by atoms with van der Waals surface area (Å²) in [7, 11) is 1.71. The first-order chi connectivity index (χ1) is 5.20. The molecule has 61 valence electrons. The molecule has 1 aliphatic rings. The smallest absolute Gasteiger partial charge is 0.0964 e. The standard InChI is InChI=1S/C10H15O/c1-4-10(2)7-5-6-9(8-10)11-3/h5-7H,2,4,8H2,1,3H3. The first kappa shape index (κ1) is 8.38. The molecule has 0 aromatic heterocycles. The van der Waals surface area contributed by atoms with E-state index >= 15 is 0 Å². The summed E-state index contributed by atoms with van der Waals surface area (Å²) in [5, 5.41) is 0. The number of hydrogen-bond donors (Lipinski definition) is 0. The van der Waals surface area contributed by atoms with Gasteiger partial charge in [-0.3, -0.25) is 0 Å². The maximum atomic E-state index is 5.16. The van der Waals surface area contributed by atoms with Crippen LogP contribution in [0.4, 0.5) is 0 Å². The Hall–Kier alpha value is -0.720. The molecule has 0 amide bonds. The molecule has 1 atom stereocenters. The number of ether oxygens (including phenoxy) is 1. The Balaban J connectivity index is 2.68. The van der Waals surface area contributed by atoms with Gasteiger partial charge < -0.3 is 4.74 Å². The molecular weight excluding hydrogens is 136 g/mol. The Bertz CT molecular complexity index is 191. The third-order valence-corrected chi connectivity index (χ3v) is 2.22. The summed E-state index contributed by atoms with van der Waals surface area (Å²) >= 11 is 0. The lowest BCUT2D eigenvalue weighted by atomic mass is 9.81. The third kappa shape index (κ3) is 1.86. The van der Waals surface area contributed by atoms with Crippen LogP contribution in [0.1, 0.15) is 19.8 Å². The van der Waals surface area contributed by atoms with E-state index in [0.717, 1.165) is 18.6 Å². The maximum absolute atomic E-state index is 5.16. The molecule has 0 aliphatic heterocycles. The minimum absolute atomic E-state index is 0.0695. The molecule has 0 N–H and O–H groups in total. The Morgan fingerprint density at radius 2 is 2.45 bits per heavy atom. The van der Waals surface area contributed by atoms with Crippen LogP contribution in [-0.4, -0.2) is 7.11 Å². The van der Waals surface area contributed by atoms with E-state index in [1.54, 1.807) is 7.11 Å². The van der Waals surface area contributed by atoms with Gasteiger partial charge in [0.25, 0.3) is 0 Å². The van der Waals surface area contributed by atoms with Crippen LogP contribution in [0.15, 0.2) is 24.0 Å². The van der Waals surface area contributed by atoms with Gasteiger partial charge in [-0.25, -0.2) is 0 Å². The second kappa shape index (κ2) is 3.12.